The van der Waals surface area contributed by atoms with Crippen LogP contribution in [-0.4, -0.2) is 16.5 Å². The molecule has 7 atom stereocenters. The number of ketones is 1. The van der Waals surface area contributed by atoms with Crippen LogP contribution in [0, 0.1) is 35.0 Å². The van der Waals surface area contributed by atoms with Crippen molar-refractivity contribution in [1.29, 1.82) is 0 Å². The van der Waals surface area contributed by atoms with Gasteiger partial charge in [0, 0.05) is 16.9 Å². The number of rotatable bonds is 0. The molecule has 0 spiro atoms. The Balaban J connectivity index is 1.73. The van der Waals surface area contributed by atoms with E-state index >= 15 is 0 Å². The van der Waals surface area contributed by atoms with E-state index in [0.29, 0.717) is 40.4 Å². The molecule has 0 unspecified atom stereocenters. The molecular formula is C21H29ClO2. The van der Waals surface area contributed by atoms with E-state index in [9.17, 15) is 9.90 Å². The second kappa shape index (κ2) is 5.45. The van der Waals surface area contributed by atoms with E-state index in [2.05, 4.69) is 19.9 Å². The first-order chi connectivity index (χ1) is 11.3. The molecule has 4 rings (SSSR count). The number of hydrogen-bond donors (Lipinski definition) is 1. The highest BCUT2D eigenvalue weighted by Crippen LogP contribution is 2.64. The van der Waals surface area contributed by atoms with Crippen molar-refractivity contribution in [2.75, 3.05) is 0 Å². The fourth-order valence-electron chi connectivity index (χ4n) is 6.66. The molecule has 0 saturated heterocycles. The quantitative estimate of drug-likeness (QED) is 0.678. The molecule has 0 aromatic carbocycles. The van der Waals surface area contributed by atoms with E-state index in [1.807, 2.05) is 13.0 Å². The third-order valence-electron chi connectivity index (χ3n) is 8.16. The van der Waals surface area contributed by atoms with Crippen LogP contribution in [0.15, 0.2) is 22.8 Å². The van der Waals surface area contributed by atoms with E-state index in [4.69, 9.17) is 11.6 Å². The first-order valence-electron chi connectivity index (χ1n) is 9.57. The molecule has 0 aromatic heterocycles. The highest BCUT2D eigenvalue weighted by molar-refractivity contribution is 6.30. The van der Waals surface area contributed by atoms with Crippen molar-refractivity contribution in [2.24, 2.45) is 35.0 Å². The normalized spacial score (nSPS) is 51.0. The summed E-state index contributed by atoms with van der Waals surface area (Å²) in [6.07, 6.45) is 10.0. The molecule has 3 heteroatoms. The number of fused-ring (bicyclic) bond motifs is 5. The summed E-state index contributed by atoms with van der Waals surface area (Å²) in [4.78, 5) is 11.9. The zero-order chi connectivity index (χ0) is 17.3. The SMILES string of the molecule is C[C@@H]1CC2=CC(=O)CC[C@@H]2[C@H]2CC[C@@]3(C)[C@@H](CC=C(Cl)[C@]3(C)O)[C@@H]21. The third kappa shape index (κ3) is 2.15. The summed E-state index contributed by atoms with van der Waals surface area (Å²) < 4.78 is 0. The molecule has 0 amide bonds. The van der Waals surface area contributed by atoms with Crippen molar-refractivity contribution in [2.45, 2.75) is 64.9 Å². The van der Waals surface area contributed by atoms with Crippen molar-refractivity contribution in [3.8, 4) is 0 Å². The van der Waals surface area contributed by atoms with Crippen LogP contribution in [0.1, 0.15) is 59.3 Å². The molecule has 132 valence electrons. The Hall–Kier alpha value is -0.600. The van der Waals surface area contributed by atoms with Crippen LogP contribution < -0.4 is 0 Å². The number of carbonyl (C=O) groups excluding carboxylic acids is 1. The first-order valence-corrected chi connectivity index (χ1v) is 9.95. The lowest BCUT2D eigenvalue weighted by Gasteiger charge is -2.61. The van der Waals surface area contributed by atoms with Crippen LogP contribution in [0.4, 0.5) is 0 Å². The maximum atomic E-state index is 11.9. The second-order valence-corrected chi connectivity index (χ2v) is 9.58. The van der Waals surface area contributed by atoms with Gasteiger partial charge in [0.15, 0.2) is 5.78 Å². The summed E-state index contributed by atoms with van der Waals surface area (Å²) in [7, 11) is 0. The van der Waals surface area contributed by atoms with E-state index in [-0.39, 0.29) is 5.41 Å². The summed E-state index contributed by atoms with van der Waals surface area (Å²) in [5.74, 6) is 3.29. The molecule has 24 heavy (non-hydrogen) atoms. The molecule has 0 aliphatic heterocycles. The fourth-order valence-corrected chi connectivity index (χ4v) is 6.96. The minimum absolute atomic E-state index is 0.139. The van der Waals surface area contributed by atoms with Crippen molar-refractivity contribution in [1.82, 2.24) is 0 Å². The monoisotopic (exact) mass is 348 g/mol. The Morgan fingerprint density at radius 2 is 2.04 bits per heavy atom. The summed E-state index contributed by atoms with van der Waals surface area (Å²) in [5, 5.41) is 11.8. The molecule has 0 bridgehead atoms. The lowest BCUT2D eigenvalue weighted by Crippen LogP contribution is -2.59. The molecule has 2 saturated carbocycles. The predicted molar refractivity (Wildman–Crippen MR) is 96.6 cm³/mol. The van der Waals surface area contributed by atoms with Crippen LogP contribution in [0.2, 0.25) is 0 Å². The second-order valence-electron chi connectivity index (χ2n) is 9.18. The Morgan fingerprint density at radius 3 is 2.79 bits per heavy atom. The average Bonchev–Trinajstić information content (AvgIpc) is 2.52. The zero-order valence-electron chi connectivity index (χ0n) is 15.0. The summed E-state index contributed by atoms with van der Waals surface area (Å²) >= 11 is 6.42. The maximum Gasteiger partial charge on any atom is 0.155 e. The Morgan fingerprint density at radius 1 is 1.29 bits per heavy atom. The van der Waals surface area contributed by atoms with Gasteiger partial charge in [0.1, 0.15) is 5.60 Å². The minimum Gasteiger partial charge on any atom is -0.384 e. The van der Waals surface area contributed by atoms with Gasteiger partial charge in [-0.25, -0.2) is 0 Å². The summed E-state index contributed by atoms with van der Waals surface area (Å²) in [6.45, 7) is 6.52. The molecule has 4 aliphatic rings. The van der Waals surface area contributed by atoms with Gasteiger partial charge >= 0.3 is 0 Å². The number of allylic oxidation sites excluding steroid dienone is 3. The molecule has 1 N–H and O–H groups in total. The zero-order valence-corrected chi connectivity index (χ0v) is 15.8. The molecule has 2 nitrogen and oxygen atoms in total. The predicted octanol–water partition coefficient (Wildman–Crippen LogP) is 4.86. The van der Waals surface area contributed by atoms with Gasteiger partial charge < -0.3 is 5.11 Å². The number of halogens is 1. The van der Waals surface area contributed by atoms with E-state index < -0.39 is 5.60 Å². The van der Waals surface area contributed by atoms with Gasteiger partial charge in [-0.2, -0.15) is 0 Å². The number of hydrogen-bond acceptors (Lipinski definition) is 2. The first kappa shape index (κ1) is 16.8. The Labute approximate surface area is 150 Å². The summed E-state index contributed by atoms with van der Waals surface area (Å²) in [5.41, 5.74) is 0.362. The van der Waals surface area contributed by atoms with E-state index in [1.54, 1.807) is 0 Å². The molecule has 0 aromatic rings. The lowest BCUT2D eigenvalue weighted by molar-refractivity contribution is -0.143. The topological polar surface area (TPSA) is 37.3 Å². The van der Waals surface area contributed by atoms with Gasteiger partial charge in [-0.05, 0) is 74.7 Å². The van der Waals surface area contributed by atoms with Crippen LogP contribution in [0.3, 0.4) is 0 Å². The Bertz CT molecular complexity index is 632. The van der Waals surface area contributed by atoms with Crippen molar-refractivity contribution >= 4 is 17.4 Å². The van der Waals surface area contributed by atoms with Crippen LogP contribution in [0.25, 0.3) is 0 Å². The Kier molecular flexibility index (Phi) is 3.82. The van der Waals surface area contributed by atoms with Gasteiger partial charge in [-0.3, -0.25) is 4.79 Å². The highest BCUT2D eigenvalue weighted by atomic mass is 35.5. The van der Waals surface area contributed by atoms with E-state index in [1.165, 1.54) is 5.57 Å². The maximum absolute atomic E-state index is 11.9. The molecule has 0 heterocycles. The smallest absolute Gasteiger partial charge is 0.155 e. The van der Waals surface area contributed by atoms with Gasteiger partial charge in [0.25, 0.3) is 0 Å². The highest BCUT2D eigenvalue weighted by Gasteiger charge is 2.60. The average molecular weight is 349 g/mol. The molecule has 0 radical (unpaired) electrons. The number of aliphatic hydroxyl groups is 1. The van der Waals surface area contributed by atoms with Gasteiger partial charge in [0.05, 0.1) is 0 Å². The largest absolute Gasteiger partial charge is 0.384 e. The lowest BCUT2D eigenvalue weighted by atomic mass is 9.44. The third-order valence-corrected chi connectivity index (χ3v) is 8.68. The number of carbonyl (C=O) groups is 1. The van der Waals surface area contributed by atoms with Gasteiger partial charge in [0.2, 0.25) is 0 Å². The standard InChI is InChI=1S/C21H29ClO2/c1-12-10-13-11-14(23)4-5-15(13)16-8-9-20(2)17(19(12)16)6-7-18(22)21(20,3)24/h7,11-12,15-17,19,24H,4-6,8-10H2,1-3H3/t12-,15+,16-,17+,19-,20+,21+/m1/s1. The minimum atomic E-state index is -0.916. The van der Waals surface area contributed by atoms with Crippen LogP contribution in [0.5, 0.6) is 0 Å². The van der Waals surface area contributed by atoms with Gasteiger partial charge in [-0.15, -0.1) is 0 Å². The fraction of sp³-hybridized carbons (Fsp3) is 0.762. The molecule has 2 fully saturated rings. The van der Waals surface area contributed by atoms with E-state index in [0.717, 1.165) is 38.5 Å². The molecular weight excluding hydrogens is 320 g/mol. The van der Waals surface area contributed by atoms with Crippen molar-refractivity contribution in [3.63, 3.8) is 0 Å². The van der Waals surface area contributed by atoms with Crippen molar-refractivity contribution < 1.29 is 9.90 Å². The van der Waals surface area contributed by atoms with Crippen LogP contribution >= 0.6 is 11.6 Å². The van der Waals surface area contributed by atoms with Crippen molar-refractivity contribution in [3.05, 3.63) is 22.8 Å². The molecule has 4 aliphatic carbocycles. The van der Waals surface area contributed by atoms with Gasteiger partial charge in [-0.1, -0.05) is 37.1 Å². The summed E-state index contributed by atoms with van der Waals surface area (Å²) in [6, 6.07) is 0. The van der Waals surface area contributed by atoms with Crippen LogP contribution in [-0.2, 0) is 4.79 Å².